The molecule has 0 saturated carbocycles. The summed E-state index contributed by atoms with van der Waals surface area (Å²) in [4.78, 5) is 17.0. The van der Waals surface area contributed by atoms with E-state index in [0.29, 0.717) is 10.7 Å². The van der Waals surface area contributed by atoms with Crippen LogP contribution in [0.2, 0.25) is 5.15 Å². The van der Waals surface area contributed by atoms with E-state index in [4.69, 9.17) is 11.6 Å². The molecular formula is C20H20ClN3O3S. The van der Waals surface area contributed by atoms with Gasteiger partial charge in [0.2, 0.25) is 10.0 Å². The fraction of sp³-hybridized carbons (Fsp3) is 0.200. The summed E-state index contributed by atoms with van der Waals surface area (Å²) in [6.07, 6.45) is 0. The van der Waals surface area contributed by atoms with E-state index in [0.717, 1.165) is 20.8 Å². The van der Waals surface area contributed by atoms with Crippen LogP contribution in [0.4, 0.5) is 0 Å². The number of aromatic nitrogens is 1. The Hall–Kier alpha value is -2.48. The highest BCUT2D eigenvalue weighted by Gasteiger charge is 2.18. The van der Waals surface area contributed by atoms with Crippen LogP contribution < -0.4 is 5.32 Å². The van der Waals surface area contributed by atoms with Crippen LogP contribution in [0.3, 0.4) is 0 Å². The van der Waals surface area contributed by atoms with Gasteiger partial charge in [0.05, 0.1) is 16.5 Å². The summed E-state index contributed by atoms with van der Waals surface area (Å²) in [5.74, 6) is -0.227. The number of halogens is 1. The number of nitrogens with zero attached hydrogens (tertiary/aromatic N) is 2. The number of hydrogen-bond acceptors (Lipinski definition) is 4. The molecule has 0 saturated heterocycles. The standard InChI is InChI=1S/C20H20ClN3O3S/c1-13(14-4-8-17(9-5-14)28(26,27)24(2)3)22-20(25)16-6-10-18-15(12-16)7-11-19(21)23-18/h4-13H,1-3H3,(H,22,25). The predicted octanol–water partition coefficient (Wildman–Crippen LogP) is 3.63. The molecule has 0 bridgehead atoms. The van der Waals surface area contributed by atoms with Crippen LogP contribution in [0, 0.1) is 0 Å². The highest BCUT2D eigenvalue weighted by Crippen LogP contribution is 2.20. The van der Waals surface area contributed by atoms with Crippen LogP contribution in [0.15, 0.2) is 59.5 Å². The van der Waals surface area contributed by atoms with Crippen molar-refractivity contribution in [1.82, 2.24) is 14.6 Å². The minimum absolute atomic E-state index is 0.209. The van der Waals surface area contributed by atoms with E-state index in [1.165, 1.54) is 14.1 Å². The van der Waals surface area contributed by atoms with Gasteiger partial charge in [0, 0.05) is 25.0 Å². The Balaban J connectivity index is 1.76. The lowest BCUT2D eigenvalue weighted by molar-refractivity contribution is 0.0940. The monoisotopic (exact) mass is 417 g/mol. The summed E-state index contributed by atoms with van der Waals surface area (Å²) < 4.78 is 25.5. The smallest absolute Gasteiger partial charge is 0.251 e. The Labute approximate surface area is 169 Å². The lowest BCUT2D eigenvalue weighted by Crippen LogP contribution is -2.26. The largest absolute Gasteiger partial charge is 0.346 e. The van der Waals surface area contributed by atoms with Gasteiger partial charge < -0.3 is 5.32 Å². The number of amides is 1. The molecule has 28 heavy (non-hydrogen) atoms. The van der Waals surface area contributed by atoms with Crippen molar-refractivity contribution in [1.29, 1.82) is 0 Å². The number of rotatable bonds is 5. The minimum atomic E-state index is -3.48. The second-order valence-electron chi connectivity index (χ2n) is 6.59. The summed E-state index contributed by atoms with van der Waals surface area (Å²) in [7, 11) is -0.508. The molecule has 1 N–H and O–H groups in total. The van der Waals surface area contributed by atoms with Gasteiger partial charge in [-0.25, -0.2) is 17.7 Å². The Bertz CT molecular complexity index is 1130. The van der Waals surface area contributed by atoms with Gasteiger partial charge >= 0.3 is 0 Å². The highest BCUT2D eigenvalue weighted by molar-refractivity contribution is 7.89. The topological polar surface area (TPSA) is 79.4 Å². The van der Waals surface area contributed by atoms with Crippen molar-refractivity contribution in [3.63, 3.8) is 0 Å². The van der Waals surface area contributed by atoms with Gasteiger partial charge in [-0.1, -0.05) is 23.7 Å². The molecule has 0 aliphatic carbocycles. The maximum Gasteiger partial charge on any atom is 0.251 e. The zero-order valence-electron chi connectivity index (χ0n) is 15.7. The van der Waals surface area contributed by atoms with Crippen molar-refractivity contribution in [2.24, 2.45) is 0 Å². The number of nitrogens with one attached hydrogen (secondary N) is 1. The number of carbonyl (C=O) groups excluding carboxylic acids is 1. The molecule has 0 spiro atoms. The molecule has 3 aromatic rings. The molecule has 8 heteroatoms. The Morgan fingerprint density at radius 3 is 2.39 bits per heavy atom. The Morgan fingerprint density at radius 1 is 1.07 bits per heavy atom. The molecule has 6 nitrogen and oxygen atoms in total. The quantitative estimate of drug-likeness (QED) is 0.643. The van der Waals surface area contributed by atoms with Crippen molar-refractivity contribution in [3.8, 4) is 0 Å². The van der Waals surface area contributed by atoms with Crippen molar-refractivity contribution in [2.75, 3.05) is 14.1 Å². The maximum atomic E-state index is 12.6. The molecule has 0 radical (unpaired) electrons. The van der Waals surface area contributed by atoms with Crippen molar-refractivity contribution < 1.29 is 13.2 Å². The van der Waals surface area contributed by atoms with Crippen molar-refractivity contribution in [2.45, 2.75) is 17.9 Å². The van der Waals surface area contributed by atoms with Gasteiger partial charge in [-0.2, -0.15) is 0 Å². The summed E-state index contributed by atoms with van der Waals surface area (Å²) in [5, 5.41) is 4.15. The number of hydrogen-bond donors (Lipinski definition) is 1. The summed E-state index contributed by atoms with van der Waals surface area (Å²) in [6.45, 7) is 1.84. The van der Waals surface area contributed by atoms with Gasteiger partial charge in [-0.05, 0) is 55.0 Å². The predicted molar refractivity (Wildman–Crippen MR) is 110 cm³/mol. The van der Waals surface area contributed by atoms with E-state index >= 15 is 0 Å². The first-order valence-electron chi connectivity index (χ1n) is 8.58. The third kappa shape index (κ3) is 4.16. The number of pyridine rings is 1. The second-order valence-corrected chi connectivity index (χ2v) is 9.13. The van der Waals surface area contributed by atoms with Crippen LogP contribution in [0.1, 0.15) is 28.9 Å². The third-order valence-electron chi connectivity index (χ3n) is 4.42. The Kier molecular flexibility index (Phi) is 5.69. The summed E-state index contributed by atoms with van der Waals surface area (Å²) >= 11 is 5.88. The summed E-state index contributed by atoms with van der Waals surface area (Å²) in [5.41, 5.74) is 2.03. The molecule has 1 aromatic heterocycles. The van der Waals surface area contributed by atoms with Gasteiger partial charge in [-0.3, -0.25) is 4.79 Å². The molecule has 2 aromatic carbocycles. The molecule has 0 aliphatic heterocycles. The minimum Gasteiger partial charge on any atom is -0.346 e. The van der Waals surface area contributed by atoms with Gasteiger partial charge in [0.25, 0.3) is 5.91 Å². The average Bonchev–Trinajstić information content (AvgIpc) is 2.67. The maximum absolute atomic E-state index is 12.6. The number of benzene rings is 2. The van der Waals surface area contributed by atoms with E-state index in [-0.39, 0.29) is 16.8 Å². The van der Waals surface area contributed by atoms with E-state index in [9.17, 15) is 13.2 Å². The molecule has 0 aliphatic rings. The van der Waals surface area contributed by atoms with E-state index in [2.05, 4.69) is 10.3 Å². The van der Waals surface area contributed by atoms with Crippen molar-refractivity contribution in [3.05, 3.63) is 70.9 Å². The zero-order valence-corrected chi connectivity index (χ0v) is 17.3. The first-order valence-corrected chi connectivity index (χ1v) is 10.4. The molecule has 0 fully saturated rings. The van der Waals surface area contributed by atoms with Crippen LogP contribution in [0.25, 0.3) is 10.9 Å². The second kappa shape index (κ2) is 7.87. The number of fused-ring (bicyclic) bond motifs is 1. The summed E-state index contributed by atoms with van der Waals surface area (Å²) in [6, 6.07) is 14.9. The van der Waals surface area contributed by atoms with E-state index in [1.807, 2.05) is 13.0 Å². The van der Waals surface area contributed by atoms with Crippen molar-refractivity contribution >= 4 is 38.4 Å². The SMILES string of the molecule is CC(NC(=O)c1ccc2nc(Cl)ccc2c1)c1ccc(S(=O)(=O)N(C)C)cc1. The lowest BCUT2D eigenvalue weighted by Gasteiger charge is -2.16. The Morgan fingerprint density at radius 2 is 1.75 bits per heavy atom. The lowest BCUT2D eigenvalue weighted by atomic mass is 10.1. The molecule has 146 valence electrons. The molecule has 3 rings (SSSR count). The van der Waals surface area contributed by atoms with Gasteiger partial charge in [0.1, 0.15) is 5.15 Å². The van der Waals surface area contributed by atoms with Crippen LogP contribution in [0.5, 0.6) is 0 Å². The first kappa shape index (κ1) is 20.3. The number of carbonyl (C=O) groups is 1. The molecular weight excluding hydrogens is 398 g/mol. The van der Waals surface area contributed by atoms with Crippen LogP contribution in [-0.2, 0) is 10.0 Å². The molecule has 1 heterocycles. The van der Waals surface area contributed by atoms with Crippen LogP contribution >= 0.6 is 11.6 Å². The van der Waals surface area contributed by atoms with Gasteiger partial charge in [-0.15, -0.1) is 0 Å². The third-order valence-corrected chi connectivity index (χ3v) is 6.46. The fourth-order valence-corrected chi connectivity index (χ4v) is 3.80. The first-order chi connectivity index (χ1) is 13.2. The van der Waals surface area contributed by atoms with E-state index in [1.54, 1.807) is 48.5 Å². The van der Waals surface area contributed by atoms with Crippen LogP contribution in [-0.4, -0.2) is 37.7 Å². The van der Waals surface area contributed by atoms with E-state index < -0.39 is 10.0 Å². The fourth-order valence-electron chi connectivity index (χ4n) is 2.74. The average molecular weight is 418 g/mol. The molecule has 1 unspecified atom stereocenters. The molecule has 1 amide bonds. The number of sulfonamides is 1. The highest BCUT2D eigenvalue weighted by atomic mass is 35.5. The zero-order chi connectivity index (χ0) is 20.5. The normalized spacial score (nSPS) is 12.9. The van der Waals surface area contributed by atoms with Gasteiger partial charge in [0.15, 0.2) is 0 Å². The molecule has 1 atom stereocenters.